The summed E-state index contributed by atoms with van der Waals surface area (Å²) in [6.45, 7) is 0. The van der Waals surface area contributed by atoms with E-state index in [1.807, 2.05) is 0 Å². The Kier molecular flexibility index (Phi) is 3.37. The molecule has 106 valence electrons. The van der Waals surface area contributed by atoms with Crippen molar-refractivity contribution >= 4 is 18.0 Å². The van der Waals surface area contributed by atoms with Crippen LogP contribution in [-0.2, 0) is 6.42 Å². The van der Waals surface area contributed by atoms with Gasteiger partial charge in [0.1, 0.15) is 23.8 Å². The second-order valence-electron chi connectivity index (χ2n) is 4.20. The molecule has 2 heterocycles. The summed E-state index contributed by atoms with van der Waals surface area (Å²) in [5.74, 6) is 0.923. The number of nitrogens with two attached hydrogens (primary N) is 1. The van der Waals surface area contributed by atoms with Gasteiger partial charge in [-0.2, -0.15) is 14.9 Å². The van der Waals surface area contributed by atoms with Crippen LogP contribution in [0.25, 0.3) is 0 Å². The SMILES string of the molecule is NC1=NN=C(NN=Cc2ccc(F)cc2)n2ncnc2C1. The molecule has 3 N–H and O–H groups in total. The predicted octanol–water partition coefficient (Wildman–Crippen LogP) is 0.0733. The van der Waals surface area contributed by atoms with Gasteiger partial charge in [0.05, 0.1) is 12.6 Å². The van der Waals surface area contributed by atoms with Crippen molar-refractivity contribution in [3.05, 3.63) is 47.8 Å². The molecule has 8 nitrogen and oxygen atoms in total. The quantitative estimate of drug-likeness (QED) is 0.602. The van der Waals surface area contributed by atoms with Crippen molar-refractivity contribution in [2.45, 2.75) is 6.42 Å². The Hall–Kier alpha value is -3.10. The molecule has 0 radical (unpaired) electrons. The number of hydrogen-bond donors (Lipinski definition) is 2. The molecule has 1 aliphatic rings. The zero-order chi connectivity index (χ0) is 14.7. The fraction of sp³-hybridized carbons (Fsp3) is 0.0833. The van der Waals surface area contributed by atoms with E-state index in [0.717, 1.165) is 5.56 Å². The molecule has 0 unspecified atom stereocenters. The summed E-state index contributed by atoms with van der Waals surface area (Å²) in [6.07, 6.45) is 3.28. The normalized spacial score (nSPS) is 14.3. The summed E-state index contributed by atoms with van der Waals surface area (Å²) in [7, 11) is 0. The van der Waals surface area contributed by atoms with Gasteiger partial charge in [0.25, 0.3) is 5.96 Å². The Morgan fingerprint density at radius 2 is 2.10 bits per heavy atom. The molecule has 1 aromatic heterocycles. The third kappa shape index (κ3) is 2.91. The Balaban J connectivity index is 1.77. The molecule has 0 saturated heterocycles. The van der Waals surface area contributed by atoms with Gasteiger partial charge in [-0.15, -0.1) is 10.2 Å². The maximum Gasteiger partial charge on any atom is 0.266 e. The van der Waals surface area contributed by atoms with Gasteiger partial charge in [0.15, 0.2) is 0 Å². The first-order valence-electron chi connectivity index (χ1n) is 6.06. The summed E-state index contributed by atoms with van der Waals surface area (Å²) >= 11 is 0. The van der Waals surface area contributed by atoms with Crippen molar-refractivity contribution in [1.82, 2.24) is 20.2 Å². The Morgan fingerprint density at radius 1 is 1.29 bits per heavy atom. The summed E-state index contributed by atoms with van der Waals surface area (Å²) in [5, 5.41) is 15.8. The van der Waals surface area contributed by atoms with Crippen LogP contribution >= 0.6 is 0 Å². The second-order valence-corrected chi connectivity index (χ2v) is 4.20. The van der Waals surface area contributed by atoms with Crippen molar-refractivity contribution in [2.24, 2.45) is 21.0 Å². The van der Waals surface area contributed by atoms with Gasteiger partial charge in [0.2, 0.25) is 0 Å². The molecular weight excluding hydrogens is 275 g/mol. The van der Waals surface area contributed by atoms with Crippen LogP contribution in [0.5, 0.6) is 0 Å². The standard InChI is InChI=1S/C12H11FN8/c13-9-3-1-8(2-4-9)6-16-19-12-20-18-10(14)5-11-15-7-17-21(11)12/h1-4,6-7H,5H2,(H2,14,18)(H,19,20). The van der Waals surface area contributed by atoms with E-state index in [-0.39, 0.29) is 11.8 Å². The van der Waals surface area contributed by atoms with E-state index in [4.69, 9.17) is 5.73 Å². The maximum absolute atomic E-state index is 12.8. The van der Waals surface area contributed by atoms with E-state index >= 15 is 0 Å². The number of amidine groups is 1. The van der Waals surface area contributed by atoms with Gasteiger partial charge in [-0.1, -0.05) is 12.1 Å². The fourth-order valence-corrected chi connectivity index (χ4v) is 1.70. The van der Waals surface area contributed by atoms with Gasteiger partial charge in [-0.05, 0) is 17.7 Å². The van der Waals surface area contributed by atoms with Crippen LogP contribution < -0.4 is 11.2 Å². The monoisotopic (exact) mass is 286 g/mol. The van der Waals surface area contributed by atoms with Crippen molar-refractivity contribution in [2.75, 3.05) is 0 Å². The van der Waals surface area contributed by atoms with Crippen LogP contribution in [0.2, 0.25) is 0 Å². The topological polar surface area (TPSA) is 106 Å². The molecule has 0 spiro atoms. The number of rotatable bonds is 2. The second kappa shape index (κ2) is 5.49. The largest absolute Gasteiger partial charge is 0.385 e. The molecule has 2 aromatic rings. The van der Waals surface area contributed by atoms with Crippen LogP contribution in [0.15, 0.2) is 45.9 Å². The number of benzene rings is 1. The van der Waals surface area contributed by atoms with Crippen LogP contribution in [0.3, 0.4) is 0 Å². The Morgan fingerprint density at radius 3 is 2.90 bits per heavy atom. The molecule has 0 bridgehead atoms. The Labute approximate surface area is 118 Å². The number of hydrazone groups is 1. The van der Waals surface area contributed by atoms with E-state index in [0.29, 0.717) is 18.1 Å². The summed E-state index contributed by atoms with van der Waals surface area (Å²) in [4.78, 5) is 4.07. The molecule has 0 amide bonds. The van der Waals surface area contributed by atoms with E-state index in [2.05, 4.69) is 30.8 Å². The number of halogens is 1. The first-order valence-corrected chi connectivity index (χ1v) is 6.06. The highest BCUT2D eigenvalue weighted by atomic mass is 19.1. The van der Waals surface area contributed by atoms with Gasteiger partial charge >= 0.3 is 0 Å². The van der Waals surface area contributed by atoms with Crippen molar-refractivity contribution in [1.29, 1.82) is 0 Å². The first-order chi connectivity index (χ1) is 10.2. The van der Waals surface area contributed by atoms with Gasteiger partial charge in [0, 0.05) is 0 Å². The predicted molar refractivity (Wildman–Crippen MR) is 75.3 cm³/mol. The third-order valence-electron chi connectivity index (χ3n) is 2.68. The van der Waals surface area contributed by atoms with Gasteiger partial charge in [-0.3, -0.25) is 0 Å². The number of hydrogen-bond acceptors (Lipinski definition) is 7. The lowest BCUT2D eigenvalue weighted by Gasteiger charge is -2.03. The lowest BCUT2D eigenvalue weighted by Crippen LogP contribution is -2.28. The fourth-order valence-electron chi connectivity index (χ4n) is 1.70. The lowest BCUT2D eigenvalue weighted by atomic mass is 10.2. The molecule has 3 rings (SSSR count). The number of aromatic nitrogens is 3. The minimum Gasteiger partial charge on any atom is -0.385 e. The van der Waals surface area contributed by atoms with Gasteiger partial charge < -0.3 is 5.73 Å². The zero-order valence-electron chi connectivity index (χ0n) is 10.8. The van der Waals surface area contributed by atoms with Crippen LogP contribution in [0, 0.1) is 5.82 Å². The number of nitrogens with one attached hydrogen (secondary N) is 1. The van der Waals surface area contributed by atoms with Crippen molar-refractivity contribution < 1.29 is 4.39 Å². The van der Waals surface area contributed by atoms with Crippen LogP contribution in [0.4, 0.5) is 4.39 Å². The lowest BCUT2D eigenvalue weighted by molar-refractivity contribution is 0.628. The van der Waals surface area contributed by atoms with E-state index in [9.17, 15) is 4.39 Å². The zero-order valence-corrected chi connectivity index (χ0v) is 10.8. The maximum atomic E-state index is 12.8. The van der Waals surface area contributed by atoms with E-state index < -0.39 is 0 Å². The highest BCUT2D eigenvalue weighted by molar-refractivity contribution is 5.89. The Bertz CT molecular complexity index is 728. The highest BCUT2D eigenvalue weighted by Crippen LogP contribution is 2.01. The minimum absolute atomic E-state index is 0.279. The van der Waals surface area contributed by atoms with Crippen LogP contribution in [-0.4, -0.2) is 32.8 Å². The molecule has 0 fully saturated rings. The van der Waals surface area contributed by atoms with Crippen LogP contribution in [0.1, 0.15) is 11.4 Å². The number of fused-ring (bicyclic) bond motifs is 1. The number of nitrogens with zero attached hydrogens (tertiary/aromatic N) is 6. The summed E-state index contributed by atoms with van der Waals surface area (Å²) in [5.41, 5.74) is 9.11. The average molecular weight is 286 g/mol. The van der Waals surface area contributed by atoms with E-state index in [1.54, 1.807) is 12.1 Å². The third-order valence-corrected chi connectivity index (χ3v) is 2.68. The van der Waals surface area contributed by atoms with Gasteiger partial charge in [-0.25, -0.2) is 14.8 Å². The smallest absolute Gasteiger partial charge is 0.266 e. The molecule has 0 saturated carbocycles. The summed E-state index contributed by atoms with van der Waals surface area (Å²) < 4.78 is 14.3. The highest BCUT2D eigenvalue weighted by Gasteiger charge is 2.14. The minimum atomic E-state index is -0.301. The average Bonchev–Trinajstić information content (AvgIpc) is 2.87. The molecule has 0 aliphatic carbocycles. The molecule has 1 aromatic carbocycles. The molecule has 0 atom stereocenters. The first kappa shape index (κ1) is 12.9. The molecule has 21 heavy (non-hydrogen) atoms. The molecule has 1 aliphatic heterocycles. The molecule has 9 heteroatoms. The van der Waals surface area contributed by atoms with Crippen molar-refractivity contribution in [3.63, 3.8) is 0 Å². The molecular formula is C12H11FN8. The van der Waals surface area contributed by atoms with E-state index in [1.165, 1.54) is 29.4 Å². The van der Waals surface area contributed by atoms with Crippen molar-refractivity contribution in [3.8, 4) is 0 Å². The summed E-state index contributed by atoms with van der Waals surface area (Å²) in [6, 6.07) is 5.91.